The zero-order valence-electron chi connectivity index (χ0n) is 23.9. The number of nitrogens with zero attached hydrogens (tertiary/aromatic N) is 3. The van der Waals surface area contributed by atoms with E-state index in [2.05, 4.69) is 44.7 Å². The average molecular weight is 554 g/mol. The third kappa shape index (κ3) is 5.73. The zero-order chi connectivity index (χ0) is 28.3. The number of nitrogens with one attached hydrogen (secondary N) is 2. The van der Waals surface area contributed by atoms with Crippen LogP contribution in [0.3, 0.4) is 0 Å². The molecular weight excluding hydrogens is 514 g/mol. The quantitative estimate of drug-likeness (QED) is 0.440. The molecule has 8 nitrogen and oxygen atoms in total. The highest BCUT2D eigenvalue weighted by atomic mass is 16.5. The van der Waals surface area contributed by atoms with Crippen molar-refractivity contribution in [2.24, 2.45) is 0 Å². The van der Waals surface area contributed by atoms with Crippen molar-refractivity contribution in [1.82, 2.24) is 15.6 Å². The van der Waals surface area contributed by atoms with Gasteiger partial charge in [-0.3, -0.25) is 9.59 Å². The van der Waals surface area contributed by atoms with Crippen molar-refractivity contribution in [3.05, 3.63) is 83.6 Å². The molecule has 1 aromatic heterocycles. The number of methoxy groups -OCH3 is 1. The summed E-state index contributed by atoms with van der Waals surface area (Å²) >= 11 is 0. The Kier molecular flexibility index (Phi) is 7.81. The van der Waals surface area contributed by atoms with E-state index in [4.69, 9.17) is 9.72 Å². The van der Waals surface area contributed by atoms with E-state index in [1.54, 1.807) is 13.3 Å². The maximum atomic E-state index is 13.1. The third-order valence-electron chi connectivity index (χ3n) is 9.04. The standard InChI is InChI=1S/C33H39N5O3/c1-22-29(9-6-10-30(22)41-2)33(40)36-25-19-27-12-13-28(20-25)38(27)31-14-11-23(21-34-31)32(39)35-24-15-17-37(18-16-24)26-7-4-3-5-8-26/h3-11,14,21,24-25,27-28H,12-13,15-20H2,1-2H3,(H,35,39)(H,36,40)/t25?,27-,28+. The Bertz CT molecular complexity index is 1360. The van der Waals surface area contributed by atoms with Gasteiger partial charge in [-0.25, -0.2) is 4.98 Å². The molecule has 0 saturated carbocycles. The number of anilines is 2. The Morgan fingerprint density at radius 2 is 1.54 bits per heavy atom. The van der Waals surface area contributed by atoms with E-state index in [9.17, 15) is 9.59 Å². The minimum Gasteiger partial charge on any atom is -0.496 e. The first-order chi connectivity index (χ1) is 20.0. The van der Waals surface area contributed by atoms with Crippen molar-refractivity contribution in [2.45, 2.75) is 69.6 Å². The lowest BCUT2D eigenvalue weighted by atomic mass is 9.96. The molecule has 2 N–H and O–H groups in total. The molecule has 41 heavy (non-hydrogen) atoms. The number of aromatic nitrogens is 1. The first-order valence-electron chi connectivity index (χ1n) is 14.8. The second kappa shape index (κ2) is 11.8. The van der Waals surface area contributed by atoms with E-state index < -0.39 is 0 Å². The van der Waals surface area contributed by atoms with E-state index in [0.29, 0.717) is 23.2 Å². The van der Waals surface area contributed by atoms with Crippen molar-refractivity contribution in [2.75, 3.05) is 30.0 Å². The molecule has 0 radical (unpaired) electrons. The Balaban J connectivity index is 1.03. The molecule has 3 aliphatic rings. The highest BCUT2D eigenvalue weighted by Gasteiger charge is 2.42. The van der Waals surface area contributed by atoms with E-state index in [-0.39, 0.29) is 23.9 Å². The number of carbonyl (C=O) groups is 2. The van der Waals surface area contributed by atoms with Crippen LogP contribution in [0, 0.1) is 6.92 Å². The number of benzene rings is 2. The van der Waals surface area contributed by atoms with E-state index in [0.717, 1.165) is 68.7 Å². The van der Waals surface area contributed by atoms with Crippen LogP contribution < -0.4 is 25.2 Å². The van der Waals surface area contributed by atoms with Gasteiger partial charge in [0.05, 0.1) is 12.7 Å². The lowest BCUT2D eigenvalue weighted by Gasteiger charge is -2.40. The number of ether oxygens (including phenoxy) is 1. The van der Waals surface area contributed by atoms with Crippen LogP contribution in [0.2, 0.25) is 0 Å². The molecule has 3 atom stereocenters. The van der Waals surface area contributed by atoms with Crippen LogP contribution in [0.15, 0.2) is 66.9 Å². The Morgan fingerprint density at radius 3 is 2.20 bits per heavy atom. The monoisotopic (exact) mass is 553 g/mol. The predicted molar refractivity (Wildman–Crippen MR) is 161 cm³/mol. The summed E-state index contributed by atoms with van der Waals surface area (Å²) in [6.07, 6.45) is 7.51. The molecule has 3 fully saturated rings. The number of fused-ring (bicyclic) bond motifs is 2. The predicted octanol–water partition coefficient (Wildman–Crippen LogP) is 4.73. The molecule has 214 valence electrons. The van der Waals surface area contributed by atoms with Crippen LogP contribution >= 0.6 is 0 Å². The number of amides is 2. The summed E-state index contributed by atoms with van der Waals surface area (Å²) in [5.41, 5.74) is 3.36. The fourth-order valence-corrected chi connectivity index (χ4v) is 6.88. The Hall–Kier alpha value is -4.07. The van der Waals surface area contributed by atoms with Gasteiger partial charge < -0.3 is 25.2 Å². The second-order valence-electron chi connectivity index (χ2n) is 11.5. The topological polar surface area (TPSA) is 86.8 Å². The summed E-state index contributed by atoms with van der Waals surface area (Å²) in [4.78, 5) is 35.6. The molecule has 0 aliphatic carbocycles. The number of hydrogen-bond donors (Lipinski definition) is 2. The first kappa shape index (κ1) is 27.1. The average Bonchev–Trinajstić information content (AvgIpc) is 3.27. The van der Waals surface area contributed by atoms with Crippen molar-refractivity contribution in [3.8, 4) is 5.75 Å². The minimum atomic E-state index is -0.0561. The van der Waals surface area contributed by atoms with Gasteiger partial charge in [-0.05, 0) is 81.8 Å². The van der Waals surface area contributed by atoms with Crippen molar-refractivity contribution in [3.63, 3.8) is 0 Å². The molecule has 0 spiro atoms. The molecule has 3 saturated heterocycles. The van der Waals surface area contributed by atoms with Crippen LogP contribution in [0.25, 0.3) is 0 Å². The highest BCUT2D eigenvalue weighted by molar-refractivity contribution is 5.96. The van der Waals surface area contributed by atoms with Gasteiger partial charge in [0, 0.05) is 60.3 Å². The fraction of sp³-hybridized carbons (Fsp3) is 0.424. The zero-order valence-corrected chi connectivity index (χ0v) is 23.9. The van der Waals surface area contributed by atoms with Crippen molar-refractivity contribution in [1.29, 1.82) is 0 Å². The molecular formula is C33H39N5O3. The molecule has 2 bridgehead atoms. The molecule has 2 aromatic carbocycles. The normalized spacial score (nSPS) is 22.3. The van der Waals surface area contributed by atoms with Gasteiger partial charge >= 0.3 is 0 Å². The van der Waals surface area contributed by atoms with Gasteiger partial charge in [-0.15, -0.1) is 0 Å². The summed E-state index contributed by atoms with van der Waals surface area (Å²) in [6, 6.07) is 20.9. The molecule has 3 aliphatic heterocycles. The Morgan fingerprint density at radius 1 is 0.829 bits per heavy atom. The smallest absolute Gasteiger partial charge is 0.253 e. The summed E-state index contributed by atoms with van der Waals surface area (Å²) < 4.78 is 5.39. The van der Waals surface area contributed by atoms with Crippen molar-refractivity contribution < 1.29 is 14.3 Å². The number of pyridine rings is 1. The molecule has 1 unspecified atom stereocenters. The first-order valence-corrected chi connectivity index (χ1v) is 14.8. The van der Waals surface area contributed by atoms with Gasteiger partial charge in [0.1, 0.15) is 11.6 Å². The van der Waals surface area contributed by atoms with E-state index >= 15 is 0 Å². The van der Waals surface area contributed by atoms with Crippen LogP contribution in [-0.2, 0) is 0 Å². The van der Waals surface area contributed by atoms with Gasteiger partial charge in [0.2, 0.25) is 0 Å². The minimum absolute atomic E-state index is 0.0431. The number of para-hydroxylation sites is 1. The van der Waals surface area contributed by atoms with Crippen LogP contribution in [0.1, 0.15) is 64.8 Å². The van der Waals surface area contributed by atoms with E-state index in [1.165, 1.54) is 5.69 Å². The largest absolute Gasteiger partial charge is 0.496 e. The molecule has 3 aromatic rings. The molecule has 4 heterocycles. The molecule has 6 rings (SSSR count). The van der Waals surface area contributed by atoms with Crippen LogP contribution in [-0.4, -0.2) is 61.2 Å². The number of piperidine rings is 2. The summed E-state index contributed by atoms with van der Waals surface area (Å²) in [5, 5.41) is 6.49. The van der Waals surface area contributed by atoms with Gasteiger partial charge in [-0.1, -0.05) is 24.3 Å². The third-order valence-corrected chi connectivity index (χ3v) is 9.04. The summed E-state index contributed by atoms with van der Waals surface area (Å²) in [6.45, 7) is 3.79. The number of hydrogen-bond acceptors (Lipinski definition) is 6. The maximum Gasteiger partial charge on any atom is 0.253 e. The molecule has 2 amide bonds. The lowest BCUT2D eigenvalue weighted by molar-refractivity contribution is 0.0920. The van der Waals surface area contributed by atoms with Gasteiger partial charge in [0.25, 0.3) is 11.8 Å². The number of carbonyl (C=O) groups excluding carboxylic acids is 2. The Labute approximate surface area is 242 Å². The van der Waals surface area contributed by atoms with Gasteiger partial charge in [0.15, 0.2) is 0 Å². The summed E-state index contributed by atoms with van der Waals surface area (Å²) in [5.74, 6) is 1.54. The number of rotatable bonds is 7. The summed E-state index contributed by atoms with van der Waals surface area (Å²) in [7, 11) is 1.63. The van der Waals surface area contributed by atoms with Crippen LogP contribution in [0.4, 0.5) is 11.5 Å². The second-order valence-corrected chi connectivity index (χ2v) is 11.5. The maximum absolute atomic E-state index is 13.1. The fourth-order valence-electron chi connectivity index (χ4n) is 6.88. The lowest BCUT2D eigenvalue weighted by Crippen LogP contribution is -2.51. The van der Waals surface area contributed by atoms with Crippen LogP contribution in [0.5, 0.6) is 5.75 Å². The SMILES string of the molecule is COc1cccc(C(=O)NC2C[C@H]3CC[C@@H](C2)N3c2ccc(C(=O)NC3CCN(c4ccccc4)CC3)cn2)c1C. The van der Waals surface area contributed by atoms with Gasteiger partial charge in [-0.2, -0.15) is 0 Å². The highest BCUT2D eigenvalue weighted by Crippen LogP contribution is 2.38. The molecule has 8 heteroatoms. The van der Waals surface area contributed by atoms with Crippen molar-refractivity contribution >= 4 is 23.3 Å². The van der Waals surface area contributed by atoms with E-state index in [1.807, 2.05) is 43.3 Å².